The molecule has 0 spiro atoms. The molecule has 0 fully saturated rings. The number of benzene rings is 3. The third kappa shape index (κ3) is 3.85. The Labute approximate surface area is 212 Å². The zero-order chi connectivity index (χ0) is 25.5. The number of hydrogen-bond donors (Lipinski definition) is 0. The van der Waals surface area contributed by atoms with Crippen molar-refractivity contribution in [1.82, 2.24) is 9.80 Å². The van der Waals surface area contributed by atoms with Crippen LogP contribution >= 0.6 is 0 Å². The molecule has 0 saturated heterocycles. The van der Waals surface area contributed by atoms with Crippen molar-refractivity contribution in [2.24, 2.45) is 0 Å². The van der Waals surface area contributed by atoms with Gasteiger partial charge in [-0.25, -0.2) is 0 Å². The standard InChI is InChI=1S/C30H22N2O5/c33-25-15-22(23-18-37-24-14-8-7-13-21(24)28(23)34)26-27(31(25)16-19-9-3-1-4-10-19)30(36)32(29(26)35)17-20-11-5-2-6-12-20/h1-14,18,22H,15-17H2. The van der Waals surface area contributed by atoms with E-state index in [0.717, 1.165) is 16.0 Å². The number of nitrogens with zero attached hydrogens (tertiary/aromatic N) is 2. The van der Waals surface area contributed by atoms with Crippen molar-refractivity contribution < 1.29 is 18.8 Å². The second kappa shape index (κ2) is 9.02. The highest BCUT2D eigenvalue weighted by molar-refractivity contribution is 6.21. The topological polar surface area (TPSA) is 87.9 Å². The zero-order valence-electron chi connectivity index (χ0n) is 19.8. The van der Waals surface area contributed by atoms with Gasteiger partial charge in [-0.2, -0.15) is 0 Å². The molecule has 7 nitrogen and oxygen atoms in total. The highest BCUT2D eigenvalue weighted by Gasteiger charge is 2.50. The molecule has 3 amide bonds. The van der Waals surface area contributed by atoms with Gasteiger partial charge in [0.05, 0.1) is 30.3 Å². The van der Waals surface area contributed by atoms with Gasteiger partial charge in [-0.05, 0) is 23.3 Å². The second-order valence-electron chi connectivity index (χ2n) is 9.18. The highest BCUT2D eigenvalue weighted by atomic mass is 16.3. The Balaban J connectivity index is 1.48. The lowest BCUT2D eigenvalue weighted by Gasteiger charge is -2.31. The maximum absolute atomic E-state index is 13.8. The van der Waals surface area contributed by atoms with E-state index in [2.05, 4.69) is 0 Å². The summed E-state index contributed by atoms with van der Waals surface area (Å²) in [5.74, 6) is -2.24. The van der Waals surface area contributed by atoms with Crippen molar-refractivity contribution in [3.05, 3.63) is 129 Å². The minimum absolute atomic E-state index is 0.0404. The van der Waals surface area contributed by atoms with E-state index in [1.54, 1.807) is 24.3 Å². The molecular formula is C30H22N2O5. The Kier molecular flexibility index (Phi) is 5.53. The van der Waals surface area contributed by atoms with Crippen LogP contribution in [0.4, 0.5) is 0 Å². The van der Waals surface area contributed by atoms with Crippen molar-refractivity contribution in [1.29, 1.82) is 0 Å². The van der Waals surface area contributed by atoms with Gasteiger partial charge in [0.15, 0.2) is 5.43 Å². The zero-order valence-corrected chi connectivity index (χ0v) is 19.8. The molecule has 0 aliphatic carbocycles. The number of hydrogen-bond acceptors (Lipinski definition) is 5. The summed E-state index contributed by atoms with van der Waals surface area (Å²) in [6, 6.07) is 25.3. The van der Waals surface area contributed by atoms with Crippen LogP contribution in [0.2, 0.25) is 0 Å². The summed E-state index contributed by atoms with van der Waals surface area (Å²) in [6.07, 6.45) is 1.20. The van der Waals surface area contributed by atoms with Crippen LogP contribution in [0.1, 0.15) is 29.0 Å². The fourth-order valence-electron chi connectivity index (χ4n) is 5.11. The molecule has 6 rings (SSSR count). The molecule has 3 aromatic carbocycles. The first-order valence-electron chi connectivity index (χ1n) is 12.0. The quantitative estimate of drug-likeness (QED) is 0.393. The average Bonchev–Trinajstić information content (AvgIpc) is 3.17. The minimum atomic E-state index is -0.882. The Morgan fingerprint density at radius 1 is 0.703 bits per heavy atom. The fourth-order valence-corrected chi connectivity index (χ4v) is 5.11. The number of fused-ring (bicyclic) bond motifs is 1. The van der Waals surface area contributed by atoms with Gasteiger partial charge in [-0.15, -0.1) is 0 Å². The maximum Gasteiger partial charge on any atom is 0.278 e. The largest absolute Gasteiger partial charge is 0.464 e. The van der Waals surface area contributed by atoms with Crippen LogP contribution in [0.15, 0.2) is 112 Å². The summed E-state index contributed by atoms with van der Waals surface area (Å²) >= 11 is 0. The first-order valence-corrected chi connectivity index (χ1v) is 12.0. The predicted octanol–water partition coefficient (Wildman–Crippen LogP) is 4.13. The predicted molar refractivity (Wildman–Crippen MR) is 136 cm³/mol. The SMILES string of the molecule is O=C1CC(c2coc3ccccc3c2=O)C2=C(C(=O)N(Cc3ccccc3)C2=O)N1Cc1ccccc1. The third-order valence-electron chi connectivity index (χ3n) is 6.93. The van der Waals surface area contributed by atoms with Crippen LogP contribution in [0.25, 0.3) is 11.0 Å². The van der Waals surface area contributed by atoms with E-state index in [0.29, 0.717) is 11.0 Å². The molecule has 0 saturated carbocycles. The van der Waals surface area contributed by atoms with Gasteiger partial charge in [-0.1, -0.05) is 72.8 Å². The molecule has 7 heteroatoms. The Hall–Kier alpha value is -4.78. The molecule has 1 atom stereocenters. The smallest absolute Gasteiger partial charge is 0.278 e. The molecule has 4 aromatic rings. The second-order valence-corrected chi connectivity index (χ2v) is 9.18. The Bertz CT molecular complexity index is 1640. The molecule has 37 heavy (non-hydrogen) atoms. The fraction of sp³-hybridized carbons (Fsp3) is 0.133. The van der Waals surface area contributed by atoms with Gasteiger partial charge >= 0.3 is 0 Å². The van der Waals surface area contributed by atoms with E-state index >= 15 is 0 Å². The third-order valence-corrected chi connectivity index (χ3v) is 6.93. The summed E-state index contributed by atoms with van der Waals surface area (Å²) in [6.45, 7) is 0.216. The summed E-state index contributed by atoms with van der Waals surface area (Å²) in [4.78, 5) is 57.0. The molecule has 1 unspecified atom stereocenters. The van der Waals surface area contributed by atoms with Gasteiger partial charge in [0.2, 0.25) is 5.91 Å². The van der Waals surface area contributed by atoms with Crippen LogP contribution in [0.3, 0.4) is 0 Å². The lowest BCUT2D eigenvalue weighted by Crippen LogP contribution is -2.39. The molecule has 2 aliphatic heterocycles. The number of amides is 3. The summed E-state index contributed by atoms with van der Waals surface area (Å²) < 4.78 is 5.71. The normalized spacial score (nSPS) is 17.6. The summed E-state index contributed by atoms with van der Waals surface area (Å²) in [5, 5.41) is 0.360. The number of rotatable bonds is 5. The van der Waals surface area contributed by atoms with Crippen LogP contribution < -0.4 is 5.43 Å². The number of para-hydroxylation sites is 1. The molecule has 182 valence electrons. The van der Waals surface area contributed by atoms with Gasteiger partial charge in [0, 0.05) is 17.9 Å². The summed E-state index contributed by atoms with van der Waals surface area (Å²) in [5.41, 5.74) is 2.11. The van der Waals surface area contributed by atoms with Crippen molar-refractivity contribution in [2.75, 3.05) is 0 Å². The molecule has 0 bridgehead atoms. The van der Waals surface area contributed by atoms with Crippen LogP contribution in [-0.2, 0) is 27.5 Å². The monoisotopic (exact) mass is 490 g/mol. The summed E-state index contributed by atoms with van der Waals surface area (Å²) in [7, 11) is 0. The van der Waals surface area contributed by atoms with E-state index in [1.165, 1.54) is 11.2 Å². The molecule has 0 radical (unpaired) electrons. The number of carbonyl (C=O) groups excluding carboxylic acids is 3. The first-order chi connectivity index (χ1) is 18.0. The molecule has 1 aromatic heterocycles. The highest BCUT2D eigenvalue weighted by Crippen LogP contribution is 2.42. The Morgan fingerprint density at radius 3 is 1.97 bits per heavy atom. The van der Waals surface area contributed by atoms with Crippen LogP contribution in [0.5, 0.6) is 0 Å². The van der Waals surface area contributed by atoms with E-state index in [4.69, 9.17) is 4.42 Å². The lowest BCUT2D eigenvalue weighted by molar-refractivity contribution is -0.140. The van der Waals surface area contributed by atoms with E-state index in [9.17, 15) is 19.2 Å². The first kappa shape index (κ1) is 22.7. The van der Waals surface area contributed by atoms with Crippen molar-refractivity contribution in [3.8, 4) is 0 Å². The molecular weight excluding hydrogens is 468 g/mol. The van der Waals surface area contributed by atoms with Gasteiger partial charge in [-0.3, -0.25) is 24.1 Å². The van der Waals surface area contributed by atoms with Crippen LogP contribution in [-0.4, -0.2) is 27.5 Å². The van der Waals surface area contributed by atoms with Crippen molar-refractivity contribution in [2.45, 2.75) is 25.4 Å². The molecule has 3 heterocycles. The lowest BCUT2D eigenvalue weighted by atomic mass is 9.84. The number of imide groups is 1. The maximum atomic E-state index is 13.8. The van der Waals surface area contributed by atoms with E-state index in [-0.39, 0.29) is 47.7 Å². The minimum Gasteiger partial charge on any atom is -0.464 e. The van der Waals surface area contributed by atoms with E-state index in [1.807, 2.05) is 60.7 Å². The van der Waals surface area contributed by atoms with E-state index < -0.39 is 17.7 Å². The number of carbonyl (C=O) groups is 3. The molecule has 2 aliphatic rings. The van der Waals surface area contributed by atoms with Crippen molar-refractivity contribution >= 4 is 28.7 Å². The van der Waals surface area contributed by atoms with Gasteiger partial charge in [0.25, 0.3) is 11.8 Å². The van der Waals surface area contributed by atoms with Gasteiger partial charge in [0.1, 0.15) is 11.3 Å². The average molecular weight is 491 g/mol. The molecule has 0 N–H and O–H groups in total. The van der Waals surface area contributed by atoms with Gasteiger partial charge < -0.3 is 9.32 Å². The van der Waals surface area contributed by atoms with Crippen LogP contribution in [0, 0.1) is 0 Å². The Morgan fingerprint density at radius 2 is 1.30 bits per heavy atom. The van der Waals surface area contributed by atoms with Crippen molar-refractivity contribution in [3.63, 3.8) is 0 Å².